The van der Waals surface area contributed by atoms with Crippen LogP contribution < -0.4 is 4.74 Å². The van der Waals surface area contributed by atoms with Gasteiger partial charge in [-0.1, -0.05) is 58.9 Å². The Hall–Kier alpha value is -2.18. The minimum Gasteiger partial charge on any atom is -0.423 e. The molecule has 0 atom stereocenters. The lowest BCUT2D eigenvalue weighted by Gasteiger charge is -2.25. The first-order valence-electron chi connectivity index (χ1n) is 10.6. The first kappa shape index (κ1) is 25.1. The van der Waals surface area contributed by atoms with Crippen LogP contribution in [-0.2, 0) is 14.6 Å². The standard InChI is InChI=1S/C25H34O5S/c1-24(2,3)18-29-16-10-15-25(4,5)19-31(27,28)22-14-9-13-21(17-22)30-23(26)20-11-7-6-8-12-20/h6-9,11-14,17H,10,15-16,18-19H2,1-5H3. The van der Waals surface area contributed by atoms with E-state index in [4.69, 9.17) is 9.47 Å². The van der Waals surface area contributed by atoms with E-state index >= 15 is 0 Å². The number of rotatable bonds is 10. The van der Waals surface area contributed by atoms with Crippen molar-refractivity contribution >= 4 is 15.8 Å². The van der Waals surface area contributed by atoms with E-state index in [-0.39, 0.29) is 21.8 Å². The fraction of sp³-hybridized carbons (Fsp3) is 0.480. The third-order valence-corrected chi connectivity index (χ3v) is 6.78. The Morgan fingerprint density at radius 1 is 0.935 bits per heavy atom. The summed E-state index contributed by atoms with van der Waals surface area (Å²) in [6.45, 7) is 11.6. The van der Waals surface area contributed by atoms with Crippen molar-refractivity contribution in [2.45, 2.75) is 52.4 Å². The molecule has 6 heteroatoms. The highest BCUT2D eigenvalue weighted by molar-refractivity contribution is 7.91. The molecule has 0 heterocycles. The molecule has 0 unspecified atom stereocenters. The molecule has 5 nitrogen and oxygen atoms in total. The highest BCUT2D eigenvalue weighted by atomic mass is 32.2. The summed E-state index contributed by atoms with van der Waals surface area (Å²) < 4.78 is 37.1. The van der Waals surface area contributed by atoms with Gasteiger partial charge in [-0.2, -0.15) is 0 Å². The van der Waals surface area contributed by atoms with Gasteiger partial charge in [-0.25, -0.2) is 13.2 Å². The number of hydrogen-bond donors (Lipinski definition) is 0. The minimum atomic E-state index is -3.54. The first-order valence-corrected chi connectivity index (χ1v) is 12.2. The van der Waals surface area contributed by atoms with Crippen LogP contribution in [0, 0.1) is 10.8 Å². The van der Waals surface area contributed by atoms with E-state index < -0.39 is 21.2 Å². The van der Waals surface area contributed by atoms with Crippen molar-refractivity contribution in [2.24, 2.45) is 10.8 Å². The van der Waals surface area contributed by atoms with Gasteiger partial charge in [0.25, 0.3) is 0 Å². The number of carbonyl (C=O) groups excluding carboxylic acids is 1. The molecule has 0 aliphatic heterocycles. The van der Waals surface area contributed by atoms with E-state index in [9.17, 15) is 13.2 Å². The molecule has 0 saturated heterocycles. The third kappa shape index (κ3) is 8.83. The summed E-state index contributed by atoms with van der Waals surface area (Å²) in [6.07, 6.45) is 1.53. The van der Waals surface area contributed by atoms with Crippen molar-refractivity contribution < 1.29 is 22.7 Å². The van der Waals surface area contributed by atoms with Crippen LogP contribution in [0.15, 0.2) is 59.5 Å². The maximum atomic E-state index is 13.0. The van der Waals surface area contributed by atoms with Crippen LogP contribution in [0.4, 0.5) is 0 Å². The molecule has 0 bridgehead atoms. The van der Waals surface area contributed by atoms with Crippen LogP contribution in [0.3, 0.4) is 0 Å². The Bertz CT molecular complexity index is 957. The fourth-order valence-electron chi connectivity index (χ4n) is 3.17. The van der Waals surface area contributed by atoms with Crippen LogP contribution in [0.2, 0.25) is 0 Å². The van der Waals surface area contributed by atoms with E-state index in [1.54, 1.807) is 36.4 Å². The zero-order valence-corrected chi connectivity index (χ0v) is 20.0. The quantitative estimate of drug-likeness (QED) is 0.272. The van der Waals surface area contributed by atoms with Crippen molar-refractivity contribution in [3.8, 4) is 5.75 Å². The Kier molecular flexibility index (Phi) is 8.43. The van der Waals surface area contributed by atoms with E-state index in [0.717, 1.165) is 12.8 Å². The number of sulfone groups is 1. The van der Waals surface area contributed by atoms with Crippen LogP contribution in [0.1, 0.15) is 57.8 Å². The molecule has 0 amide bonds. The molecule has 2 aromatic rings. The molecular weight excluding hydrogens is 412 g/mol. The maximum Gasteiger partial charge on any atom is 0.343 e. The Balaban J connectivity index is 1.98. The predicted octanol–water partition coefficient (Wildman–Crippen LogP) is 5.55. The summed E-state index contributed by atoms with van der Waals surface area (Å²) in [7, 11) is -3.54. The predicted molar refractivity (Wildman–Crippen MR) is 123 cm³/mol. The summed E-state index contributed by atoms with van der Waals surface area (Å²) in [5, 5.41) is 0. The molecule has 0 radical (unpaired) electrons. The summed E-state index contributed by atoms with van der Waals surface area (Å²) >= 11 is 0. The lowest BCUT2D eigenvalue weighted by atomic mass is 9.90. The minimum absolute atomic E-state index is 0.00928. The summed E-state index contributed by atoms with van der Waals surface area (Å²) in [5.74, 6) is -0.302. The number of benzene rings is 2. The van der Waals surface area contributed by atoms with Crippen molar-refractivity contribution in [3.05, 3.63) is 60.2 Å². The molecule has 0 aliphatic carbocycles. The molecule has 0 fully saturated rings. The van der Waals surface area contributed by atoms with E-state index in [2.05, 4.69) is 20.8 Å². The number of esters is 1. The smallest absolute Gasteiger partial charge is 0.343 e. The van der Waals surface area contributed by atoms with Crippen molar-refractivity contribution in [1.82, 2.24) is 0 Å². The van der Waals surface area contributed by atoms with Crippen LogP contribution in [0.5, 0.6) is 5.75 Å². The van der Waals surface area contributed by atoms with Crippen molar-refractivity contribution in [2.75, 3.05) is 19.0 Å². The van der Waals surface area contributed by atoms with Crippen LogP contribution in [0.25, 0.3) is 0 Å². The van der Waals surface area contributed by atoms with Gasteiger partial charge >= 0.3 is 5.97 Å². The second-order valence-electron chi connectivity index (χ2n) is 9.87. The van der Waals surface area contributed by atoms with Gasteiger partial charge in [0.2, 0.25) is 0 Å². The fourth-order valence-corrected chi connectivity index (χ4v) is 5.09. The van der Waals surface area contributed by atoms with Gasteiger partial charge in [0.15, 0.2) is 9.84 Å². The zero-order chi connectivity index (χ0) is 23.1. The van der Waals surface area contributed by atoms with E-state index in [1.165, 1.54) is 12.1 Å². The van der Waals surface area contributed by atoms with E-state index in [0.29, 0.717) is 18.8 Å². The summed E-state index contributed by atoms with van der Waals surface area (Å²) in [5.41, 5.74) is 0.125. The average Bonchev–Trinajstić information content (AvgIpc) is 2.67. The molecular formula is C25H34O5S. The molecule has 0 N–H and O–H groups in total. The molecule has 2 rings (SSSR count). The SMILES string of the molecule is CC(C)(C)COCCCC(C)(C)CS(=O)(=O)c1cccc(OC(=O)c2ccccc2)c1. The Morgan fingerprint density at radius 3 is 2.26 bits per heavy atom. The number of hydrogen-bond acceptors (Lipinski definition) is 5. The van der Waals surface area contributed by atoms with Gasteiger partial charge in [-0.3, -0.25) is 0 Å². The first-order chi connectivity index (χ1) is 14.4. The van der Waals surface area contributed by atoms with Gasteiger partial charge in [-0.15, -0.1) is 0 Å². The number of ether oxygens (including phenoxy) is 2. The molecule has 31 heavy (non-hydrogen) atoms. The van der Waals surface area contributed by atoms with Gasteiger partial charge in [0.05, 0.1) is 22.8 Å². The van der Waals surface area contributed by atoms with Gasteiger partial charge in [-0.05, 0) is 54.0 Å². The maximum absolute atomic E-state index is 13.0. The summed E-state index contributed by atoms with van der Waals surface area (Å²) in [6, 6.07) is 14.7. The average molecular weight is 447 g/mol. The molecule has 0 aromatic heterocycles. The van der Waals surface area contributed by atoms with Gasteiger partial charge < -0.3 is 9.47 Å². The molecule has 0 aliphatic rings. The lowest BCUT2D eigenvalue weighted by Crippen LogP contribution is -2.25. The summed E-state index contributed by atoms with van der Waals surface area (Å²) in [4.78, 5) is 12.4. The monoisotopic (exact) mass is 446 g/mol. The zero-order valence-electron chi connectivity index (χ0n) is 19.2. The van der Waals surface area contributed by atoms with Crippen molar-refractivity contribution in [3.63, 3.8) is 0 Å². The van der Waals surface area contributed by atoms with Gasteiger partial charge in [0.1, 0.15) is 5.75 Å². The topological polar surface area (TPSA) is 69.7 Å². The largest absolute Gasteiger partial charge is 0.423 e. The lowest BCUT2D eigenvalue weighted by molar-refractivity contribution is 0.0649. The van der Waals surface area contributed by atoms with E-state index in [1.807, 2.05) is 19.9 Å². The third-order valence-electron chi connectivity index (χ3n) is 4.64. The highest BCUT2D eigenvalue weighted by Crippen LogP contribution is 2.29. The van der Waals surface area contributed by atoms with Crippen LogP contribution >= 0.6 is 0 Å². The second-order valence-corrected chi connectivity index (χ2v) is 11.9. The molecule has 2 aromatic carbocycles. The van der Waals surface area contributed by atoms with Gasteiger partial charge in [0, 0.05) is 6.61 Å². The highest BCUT2D eigenvalue weighted by Gasteiger charge is 2.28. The molecule has 0 saturated carbocycles. The molecule has 0 spiro atoms. The number of carbonyl (C=O) groups is 1. The van der Waals surface area contributed by atoms with Crippen LogP contribution in [-0.4, -0.2) is 33.4 Å². The normalized spacial score (nSPS) is 12.5. The Labute approximate surface area is 186 Å². The van der Waals surface area contributed by atoms with Crippen molar-refractivity contribution in [1.29, 1.82) is 0 Å². The Morgan fingerprint density at radius 2 is 1.61 bits per heavy atom. The second kappa shape index (κ2) is 10.4. The molecule has 170 valence electrons.